The molecular weight excluding hydrogens is 281 g/mol. The molecule has 0 saturated heterocycles. The molecule has 7 heteroatoms. The summed E-state index contributed by atoms with van der Waals surface area (Å²) in [6.07, 6.45) is -1.46. The van der Waals surface area contributed by atoms with Crippen LogP contribution in [-0.4, -0.2) is 36.1 Å². The molecule has 1 N–H and O–H groups in total. The average Bonchev–Trinajstić information content (AvgIpc) is 2.35. The van der Waals surface area contributed by atoms with Crippen molar-refractivity contribution >= 4 is 5.82 Å². The maximum atomic E-state index is 12.7. The largest absolute Gasteiger partial charge is 0.433 e. The molecule has 1 saturated carbocycles. The highest BCUT2D eigenvalue weighted by molar-refractivity contribution is 5.52. The van der Waals surface area contributed by atoms with Crippen molar-refractivity contribution in [1.29, 1.82) is 5.26 Å². The van der Waals surface area contributed by atoms with Crippen molar-refractivity contribution in [1.82, 2.24) is 9.88 Å². The fourth-order valence-electron chi connectivity index (χ4n) is 2.46. The van der Waals surface area contributed by atoms with Crippen molar-refractivity contribution in [2.45, 2.75) is 31.0 Å². The van der Waals surface area contributed by atoms with Gasteiger partial charge in [-0.15, -0.1) is 0 Å². The minimum atomic E-state index is -4.51. The number of halogens is 3. The number of nitrogens with zero attached hydrogens (tertiary/aromatic N) is 3. The fraction of sp³-hybridized carbons (Fsp3) is 0.571. The molecule has 0 aliphatic heterocycles. The highest BCUT2D eigenvalue weighted by atomic mass is 19.4. The van der Waals surface area contributed by atoms with Crippen LogP contribution in [0.15, 0.2) is 12.1 Å². The topological polar surface area (TPSA) is 52.0 Å². The first-order valence-corrected chi connectivity index (χ1v) is 6.68. The maximum absolute atomic E-state index is 12.7. The summed E-state index contributed by atoms with van der Waals surface area (Å²) in [4.78, 5) is 5.63. The minimum absolute atomic E-state index is 0.000417. The van der Waals surface area contributed by atoms with Crippen LogP contribution in [0, 0.1) is 11.3 Å². The SMILES string of the molecule is CN(C)C1(CNc2nc(C(F)(F)F)ccc2C#N)CCC1. The van der Waals surface area contributed by atoms with Gasteiger partial charge in [-0.1, -0.05) is 0 Å². The summed E-state index contributed by atoms with van der Waals surface area (Å²) >= 11 is 0. The van der Waals surface area contributed by atoms with E-state index in [0.717, 1.165) is 31.4 Å². The summed E-state index contributed by atoms with van der Waals surface area (Å²) in [5, 5.41) is 11.9. The number of likely N-dealkylation sites (N-methyl/N-ethyl adjacent to an activating group) is 1. The lowest BCUT2D eigenvalue weighted by atomic mass is 9.75. The van der Waals surface area contributed by atoms with Gasteiger partial charge in [0.1, 0.15) is 17.6 Å². The summed E-state index contributed by atoms with van der Waals surface area (Å²) in [6.45, 7) is 0.475. The lowest BCUT2D eigenvalue weighted by Crippen LogP contribution is -2.54. The highest BCUT2D eigenvalue weighted by Gasteiger charge is 2.39. The number of hydrogen-bond acceptors (Lipinski definition) is 4. The Morgan fingerprint density at radius 2 is 2.05 bits per heavy atom. The molecule has 0 atom stereocenters. The second kappa shape index (κ2) is 5.53. The Labute approximate surface area is 121 Å². The maximum Gasteiger partial charge on any atom is 0.433 e. The summed E-state index contributed by atoms with van der Waals surface area (Å²) in [6, 6.07) is 3.85. The normalized spacial score (nSPS) is 17.2. The highest BCUT2D eigenvalue weighted by Crippen LogP contribution is 2.36. The second-order valence-corrected chi connectivity index (χ2v) is 5.53. The smallest absolute Gasteiger partial charge is 0.367 e. The van der Waals surface area contributed by atoms with E-state index < -0.39 is 11.9 Å². The van der Waals surface area contributed by atoms with Crippen LogP contribution in [0.1, 0.15) is 30.5 Å². The Morgan fingerprint density at radius 1 is 1.38 bits per heavy atom. The van der Waals surface area contributed by atoms with E-state index >= 15 is 0 Å². The molecule has 0 spiro atoms. The van der Waals surface area contributed by atoms with E-state index in [2.05, 4.69) is 15.2 Å². The molecule has 0 radical (unpaired) electrons. The van der Waals surface area contributed by atoms with E-state index in [-0.39, 0.29) is 16.9 Å². The van der Waals surface area contributed by atoms with Crippen LogP contribution in [0.25, 0.3) is 0 Å². The summed E-state index contributed by atoms with van der Waals surface area (Å²) < 4.78 is 38.1. The van der Waals surface area contributed by atoms with E-state index in [1.807, 2.05) is 20.2 Å². The molecule has 21 heavy (non-hydrogen) atoms. The standard InChI is InChI=1S/C14H17F3N4/c1-21(2)13(6-3-7-13)9-19-12-10(8-18)4-5-11(20-12)14(15,16)17/h4-5H,3,6-7,9H2,1-2H3,(H,19,20). The first kappa shape index (κ1) is 15.6. The van der Waals surface area contributed by atoms with Crippen molar-refractivity contribution in [2.24, 2.45) is 0 Å². The number of nitriles is 1. The van der Waals surface area contributed by atoms with Crippen LogP contribution in [0.4, 0.5) is 19.0 Å². The fourth-order valence-corrected chi connectivity index (χ4v) is 2.46. The van der Waals surface area contributed by atoms with Crippen molar-refractivity contribution in [3.05, 3.63) is 23.4 Å². The van der Waals surface area contributed by atoms with Crippen LogP contribution in [0.5, 0.6) is 0 Å². The molecule has 0 unspecified atom stereocenters. The molecule has 114 valence electrons. The van der Waals surface area contributed by atoms with Crippen LogP contribution in [-0.2, 0) is 6.18 Å². The Bertz CT molecular complexity index is 556. The van der Waals surface area contributed by atoms with E-state index in [1.165, 1.54) is 0 Å². The molecular formula is C14H17F3N4. The predicted molar refractivity (Wildman–Crippen MR) is 72.7 cm³/mol. The molecule has 1 fully saturated rings. The monoisotopic (exact) mass is 298 g/mol. The van der Waals surface area contributed by atoms with Crippen molar-refractivity contribution < 1.29 is 13.2 Å². The van der Waals surface area contributed by atoms with Gasteiger partial charge in [-0.25, -0.2) is 4.98 Å². The lowest BCUT2D eigenvalue weighted by molar-refractivity contribution is -0.141. The zero-order valence-electron chi connectivity index (χ0n) is 12.0. The number of alkyl halides is 3. The van der Waals surface area contributed by atoms with Gasteiger partial charge in [0.2, 0.25) is 0 Å². The molecule has 1 heterocycles. The molecule has 4 nitrogen and oxygen atoms in total. The quantitative estimate of drug-likeness (QED) is 0.928. The van der Waals surface area contributed by atoms with Gasteiger partial charge in [0.25, 0.3) is 0 Å². The van der Waals surface area contributed by atoms with Crippen LogP contribution in [0.2, 0.25) is 0 Å². The number of aromatic nitrogens is 1. The van der Waals surface area contributed by atoms with Gasteiger partial charge in [-0.2, -0.15) is 18.4 Å². The number of nitrogens with one attached hydrogen (secondary N) is 1. The number of hydrogen-bond donors (Lipinski definition) is 1. The first-order valence-electron chi connectivity index (χ1n) is 6.68. The first-order chi connectivity index (χ1) is 9.78. The second-order valence-electron chi connectivity index (χ2n) is 5.53. The lowest BCUT2D eigenvalue weighted by Gasteiger charge is -2.47. The molecule has 0 bridgehead atoms. The van der Waals surface area contributed by atoms with Gasteiger partial charge in [0, 0.05) is 12.1 Å². The van der Waals surface area contributed by atoms with Crippen LogP contribution < -0.4 is 5.32 Å². The van der Waals surface area contributed by atoms with Crippen LogP contribution >= 0.6 is 0 Å². The Hall–Kier alpha value is -1.81. The van der Waals surface area contributed by atoms with Crippen molar-refractivity contribution in [3.63, 3.8) is 0 Å². The van der Waals surface area contributed by atoms with Crippen molar-refractivity contribution in [3.8, 4) is 6.07 Å². The van der Waals surface area contributed by atoms with Gasteiger partial charge < -0.3 is 10.2 Å². The van der Waals surface area contributed by atoms with Gasteiger partial charge in [-0.05, 0) is 45.5 Å². The summed E-state index contributed by atoms with van der Waals surface area (Å²) in [5.41, 5.74) is -0.935. The third-order valence-electron chi connectivity index (χ3n) is 4.12. The Morgan fingerprint density at radius 3 is 2.48 bits per heavy atom. The molecule has 2 rings (SSSR count). The van der Waals surface area contributed by atoms with Gasteiger partial charge in [0.05, 0.1) is 5.56 Å². The zero-order valence-corrected chi connectivity index (χ0v) is 12.0. The van der Waals surface area contributed by atoms with Crippen molar-refractivity contribution in [2.75, 3.05) is 26.0 Å². The molecule has 1 aromatic heterocycles. The van der Waals surface area contributed by atoms with Gasteiger partial charge >= 0.3 is 6.18 Å². The zero-order chi connectivity index (χ0) is 15.7. The Kier molecular flexibility index (Phi) is 4.10. The van der Waals surface area contributed by atoms with E-state index in [4.69, 9.17) is 5.26 Å². The van der Waals surface area contributed by atoms with Gasteiger partial charge in [-0.3, -0.25) is 0 Å². The third kappa shape index (κ3) is 3.10. The van der Waals surface area contributed by atoms with E-state index in [1.54, 1.807) is 0 Å². The molecule has 0 aromatic carbocycles. The minimum Gasteiger partial charge on any atom is -0.367 e. The Balaban J connectivity index is 2.21. The van der Waals surface area contributed by atoms with Crippen LogP contribution in [0.3, 0.4) is 0 Å². The summed E-state index contributed by atoms with van der Waals surface area (Å²) in [7, 11) is 3.90. The molecule has 1 aromatic rings. The third-order valence-corrected chi connectivity index (χ3v) is 4.12. The number of anilines is 1. The molecule has 1 aliphatic rings. The van der Waals surface area contributed by atoms with E-state index in [0.29, 0.717) is 6.54 Å². The molecule has 0 amide bonds. The van der Waals surface area contributed by atoms with E-state index in [9.17, 15) is 13.2 Å². The van der Waals surface area contributed by atoms with Gasteiger partial charge in [0.15, 0.2) is 0 Å². The molecule has 1 aliphatic carbocycles. The predicted octanol–water partition coefficient (Wildman–Crippen LogP) is 2.87. The number of rotatable bonds is 4. The number of pyridine rings is 1. The summed E-state index contributed by atoms with van der Waals surface area (Å²) in [5.74, 6) is 0.000417. The average molecular weight is 298 g/mol.